The molecule has 6 nitrogen and oxygen atoms in total. The van der Waals surface area contributed by atoms with Crippen LogP contribution in [-0.4, -0.2) is 19.9 Å². The lowest BCUT2D eigenvalue weighted by Gasteiger charge is -2.07. The van der Waals surface area contributed by atoms with Gasteiger partial charge in [-0.2, -0.15) is 10.5 Å². The van der Waals surface area contributed by atoms with E-state index in [0.29, 0.717) is 26.5 Å². The summed E-state index contributed by atoms with van der Waals surface area (Å²) in [4.78, 5) is 16.7. The molecule has 1 atom stereocenters. The molecule has 0 aromatic carbocycles. The van der Waals surface area contributed by atoms with Gasteiger partial charge >= 0.3 is 0 Å². The molecule has 33 heavy (non-hydrogen) atoms. The van der Waals surface area contributed by atoms with Crippen LogP contribution in [0.4, 0.5) is 0 Å². The molecule has 4 rings (SSSR count). The van der Waals surface area contributed by atoms with Crippen LogP contribution >= 0.6 is 62.3 Å². The minimum Gasteiger partial charge on any atom is -0.259 e. The standard InChI is InChI=1S/C11H6BrCl2N3.C11H7Cl2N3/c1-5(12)8-2-6-9(4-16-8)17-11(14)7(3-15)10(6)13;1-2-6-3-7-9(5-15-6)16-11(13)8(4-14)10(7)12/h2,4-5H,1H3;3,5H,2H2,1H3. The van der Waals surface area contributed by atoms with Crippen molar-refractivity contribution in [3.63, 3.8) is 0 Å². The van der Waals surface area contributed by atoms with Crippen molar-refractivity contribution < 1.29 is 0 Å². The molecule has 0 fully saturated rings. The van der Waals surface area contributed by atoms with Crippen LogP contribution in [0.25, 0.3) is 21.8 Å². The summed E-state index contributed by atoms with van der Waals surface area (Å²) in [6, 6.07) is 7.53. The molecule has 0 spiro atoms. The molecule has 0 N–H and O–H groups in total. The zero-order chi connectivity index (χ0) is 24.3. The number of nitrogens with zero attached hydrogens (tertiary/aromatic N) is 6. The van der Waals surface area contributed by atoms with Crippen molar-refractivity contribution in [3.05, 3.63) is 67.4 Å². The second-order valence-electron chi connectivity index (χ2n) is 6.70. The van der Waals surface area contributed by atoms with Crippen molar-refractivity contribution in [2.75, 3.05) is 0 Å². The molecule has 0 aliphatic heterocycles. The number of pyridine rings is 4. The fourth-order valence-corrected chi connectivity index (χ4v) is 4.23. The number of fused-ring (bicyclic) bond motifs is 2. The van der Waals surface area contributed by atoms with E-state index in [2.05, 4.69) is 35.9 Å². The number of alkyl halides is 1. The maximum Gasteiger partial charge on any atom is 0.149 e. The highest BCUT2D eigenvalue weighted by Gasteiger charge is 2.14. The molecular weight excluding hydrogens is 570 g/mol. The predicted molar refractivity (Wildman–Crippen MR) is 135 cm³/mol. The normalized spacial score (nSPS) is 11.4. The maximum absolute atomic E-state index is 8.95. The molecule has 0 aliphatic rings. The Hall–Kier alpha value is -2.26. The Labute approximate surface area is 218 Å². The summed E-state index contributed by atoms with van der Waals surface area (Å²) in [5.74, 6) is 0. The lowest BCUT2D eigenvalue weighted by Crippen LogP contribution is -1.94. The summed E-state index contributed by atoms with van der Waals surface area (Å²) < 4.78 is 0. The van der Waals surface area contributed by atoms with Gasteiger partial charge in [-0.05, 0) is 25.5 Å². The van der Waals surface area contributed by atoms with Gasteiger partial charge in [-0.25, -0.2) is 9.97 Å². The minimum atomic E-state index is 0.101. The van der Waals surface area contributed by atoms with Gasteiger partial charge in [0.2, 0.25) is 0 Å². The Morgan fingerprint density at radius 1 is 0.879 bits per heavy atom. The molecule has 4 heterocycles. The summed E-state index contributed by atoms with van der Waals surface area (Å²) >= 11 is 27.4. The number of nitriles is 2. The lowest BCUT2D eigenvalue weighted by atomic mass is 10.1. The van der Waals surface area contributed by atoms with Crippen LogP contribution in [0, 0.1) is 22.7 Å². The van der Waals surface area contributed by atoms with Crippen molar-refractivity contribution >= 4 is 84.1 Å². The Morgan fingerprint density at radius 2 is 1.36 bits per heavy atom. The van der Waals surface area contributed by atoms with E-state index in [1.807, 2.05) is 32.1 Å². The van der Waals surface area contributed by atoms with Gasteiger partial charge in [0.15, 0.2) is 0 Å². The highest BCUT2D eigenvalue weighted by molar-refractivity contribution is 9.09. The molecule has 4 aromatic rings. The Morgan fingerprint density at radius 3 is 1.82 bits per heavy atom. The third kappa shape index (κ3) is 5.30. The van der Waals surface area contributed by atoms with Crippen LogP contribution in [0.1, 0.15) is 41.2 Å². The number of hydrogen-bond acceptors (Lipinski definition) is 6. The molecule has 0 radical (unpaired) electrons. The quantitative estimate of drug-likeness (QED) is 0.178. The van der Waals surface area contributed by atoms with Gasteiger partial charge in [-0.1, -0.05) is 69.3 Å². The average Bonchev–Trinajstić information content (AvgIpc) is 2.79. The first-order valence-electron chi connectivity index (χ1n) is 9.44. The van der Waals surface area contributed by atoms with E-state index in [9.17, 15) is 0 Å². The molecule has 0 saturated heterocycles. The fourth-order valence-electron chi connectivity index (χ4n) is 2.86. The number of aryl methyl sites for hydroxylation is 1. The molecular formula is C22H13BrCl4N6. The van der Waals surface area contributed by atoms with Crippen LogP contribution in [0.5, 0.6) is 0 Å². The molecule has 11 heteroatoms. The number of hydrogen-bond donors (Lipinski definition) is 0. The highest BCUT2D eigenvalue weighted by atomic mass is 79.9. The van der Waals surface area contributed by atoms with E-state index in [4.69, 9.17) is 56.9 Å². The van der Waals surface area contributed by atoms with Crippen LogP contribution in [0.15, 0.2) is 24.5 Å². The van der Waals surface area contributed by atoms with Crippen LogP contribution in [0.3, 0.4) is 0 Å². The second-order valence-corrected chi connectivity index (χ2v) is 9.54. The SMILES string of the molecule is CC(Br)c1cc2c(Cl)c(C#N)c(Cl)nc2cn1.CCc1cc2c(Cl)c(C#N)c(Cl)nc2cn1. The van der Waals surface area contributed by atoms with Crippen molar-refractivity contribution in [2.24, 2.45) is 0 Å². The van der Waals surface area contributed by atoms with E-state index >= 15 is 0 Å². The minimum absolute atomic E-state index is 0.101. The summed E-state index contributed by atoms with van der Waals surface area (Å²) in [6.45, 7) is 3.95. The van der Waals surface area contributed by atoms with Crippen LogP contribution in [-0.2, 0) is 6.42 Å². The molecule has 0 saturated carbocycles. The summed E-state index contributed by atoms with van der Waals surface area (Å²) in [5.41, 5.74) is 3.32. The van der Waals surface area contributed by atoms with E-state index in [1.54, 1.807) is 18.5 Å². The zero-order valence-corrected chi connectivity index (χ0v) is 21.8. The molecule has 1 unspecified atom stereocenters. The molecule has 0 aliphatic carbocycles. The smallest absolute Gasteiger partial charge is 0.149 e. The van der Waals surface area contributed by atoms with Gasteiger partial charge in [0.25, 0.3) is 0 Å². The van der Waals surface area contributed by atoms with Crippen molar-refractivity contribution in [2.45, 2.75) is 25.1 Å². The van der Waals surface area contributed by atoms with E-state index in [1.165, 1.54) is 0 Å². The Balaban J connectivity index is 0.000000186. The fraction of sp³-hybridized carbons (Fsp3) is 0.182. The van der Waals surface area contributed by atoms with Gasteiger partial charge < -0.3 is 0 Å². The molecule has 0 amide bonds. The summed E-state index contributed by atoms with van der Waals surface area (Å²) in [6.07, 6.45) is 4.02. The van der Waals surface area contributed by atoms with E-state index in [-0.39, 0.29) is 26.3 Å². The first-order chi connectivity index (χ1) is 15.7. The first-order valence-corrected chi connectivity index (χ1v) is 11.9. The average molecular weight is 583 g/mol. The van der Waals surface area contributed by atoms with Gasteiger partial charge in [-0.3, -0.25) is 9.97 Å². The largest absolute Gasteiger partial charge is 0.259 e. The molecule has 166 valence electrons. The van der Waals surface area contributed by atoms with E-state index in [0.717, 1.165) is 23.2 Å². The van der Waals surface area contributed by atoms with Gasteiger partial charge in [0.1, 0.15) is 33.6 Å². The van der Waals surface area contributed by atoms with Gasteiger partial charge in [0, 0.05) is 16.5 Å². The van der Waals surface area contributed by atoms with Crippen molar-refractivity contribution in [1.29, 1.82) is 10.5 Å². The Bertz CT molecular complexity index is 1460. The summed E-state index contributed by atoms with van der Waals surface area (Å²) in [7, 11) is 0. The second kappa shape index (κ2) is 10.8. The summed E-state index contributed by atoms with van der Waals surface area (Å²) in [5, 5.41) is 20.1. The van der Waals surface area contributed by atoms with E-state index < -0.39 is 0 Å². The molecule has 0 bridgehead atoms. The predicted octanol–water partition coefficient (Wildman–Crippen LogP) is 7.63. The monoisotopic (exact) mass is 580 g/mol. The third-order valence-electron chi connectivity index (χ3n) is 4.60. The van der Waals surface area contributed by atoms with Gasteiger partial charge in [0.05, 0.1) is 44.0 Å². The lowest BCUT2D eigenvalue weighted by molar-refractivity contribution is 1.03. The topological polar surface area (TPSA) is 99.1 Å². The maximum atomic E-state index is 8.95. The first kappa shape index (κ1) is 25.4. The zero-order valence-electron chi connectivity index (χ0n) is 17.2. The Kier molecular flexibility index (Phi) is 8.28. The van der Waals surface area contributed by atoms with Crippen molar-refractivity contribution in [1.82, 2.24) is 19.9 Å². The number of halogens is 5. The van der Waals surface area contributed by atoms with Crippen LogP contribution < -0.4 is 0 Å². The van der Waals surface area contributed by atoms with Gasteiger partial charge in [-0.15, -0.1) is 0 Å². The molecule has 4 aromatic heterocycles. The number of aromatic nitrogens is 4. The highest BCUT2D eigenvalue weighted by Crippen LogP contribution is 2.32. The number of rotatable bonds is 2. The van der Waals surface area contributed by atoms with Crippen LogP contribution in [0.2, 0.25) is 20.4 Å². The van der Waals surface area contributed by atoms with Crippen molar-refractivity contribution in [3.8, 4) is 12.1 Å². The third-order valence-corrected chi connectivity index (χ3v) is 6.40.